The number of fused-ring (bicyclic) bond motifs is 1. The van der Waals surface area contributed by atoms with Crippen molar-refractivity contribution in [2.45, 2.75) is 32.6 Å². The molecule has 0 saturated carbocycles. The third kappa shape index (κ3) is 1.54. The summed E-state index contributed by atoms with van der Waals surface area (Å²) in [4.78, 5) is 0. The van der Waals surface area contributed by atoms with Crippen molar-refractivity contribution in [2.24, 2.45) is 5.92 Å². The molecule has 0 spiro atoms. The van der Waals surface area contributed by atoms with Gasteiger partial charge in [0.2, 0.25) is 0 Å². The van der Waals surface area contributed by atoms with Crippen LogP contribution in [0.2, 0.25) is 0 Å². The molecule has 2 atom stereocenters. The van der Waals surface area contributed by atoms with Crippen molar-refractivity contribution in [1.82, 2.24) is 0 Å². The van der Waals surface area contributed by atoms with Crippen LogP contribution in [0.4, 0.5) is 0 Å². The van der Waals surface area contributed by atoms with E-state index in [1.807, 2.05) is 0 Å². The van der Waals surface area contributed by atoms with Crippen LogP contribution in [-0.2, 0) is 6.42 Å². The Balaban J connectivity index is 2.42. The zero-order valence-electron chi connectivity index (χ0n) is 8.18. The number of rotatable bonds is 1. The summed E-state index contributed by atoms with van der Waals surface area (Å²) in [6.07, 6.45) is 2.53. The second kappa shape index (κ2) is 3.45. The van der Waals surface area contributed by atoms with Gasteiger partial charge in [0.15, 0.2) is 0 Å². The Labute approximate surface area is 88.5 Å². The van der Waals surface area contributed by atoms with Crippen LogP contribution in [0.3, 0.4) is 0 Å². The molecule has 0 heterocycles. The quantitative estimate of drug-likeness (QED) is 0.691. The van der Waals surface area contributed by atoms with E-state index in [-0.39, 0.29) is 0 Å². The van der Waals surface area contributed by atoms with E-state index in [4.69, 9.17) is 0 Å². The Hall–Kier alpha value is -0.300. The maximum absolute atomic E-state index is 3.53. The lowest BCUT2D eigenvalue weighted by Crippen LogP contribution is -2.01. The largest absolute Gasteiger partial charge is 0.0648 e. The average Bonchev–Trinajstić information content (AvgIpc) is 2.39. The van der Waals surface area contributed by atoms with Gasteiger partial charge >= 0.3 is 0 Å². The van der Waals surface area contributed by atoms with Gasteiger partial charge in [-0.3, -0.25) is 0 Å². The molecule has 1 aliphatic carbocycles. The molecule has 1 aliphatic rings. The predicted molar refractivity (Wildman–Crippen MR) is 60.0 cm³/mol. The molecule has 0 fully saturated rings. The third-order valence-electron chi connectivity index (χ3n) is 3.17. The monoisotopic (exact) mass is 238 g/mol. The number of halogens is 1. The van der Waals surface area contributed by atoms with E-state index < -0.39 is 0 Å². The van der Waals surface area contributed by atoms with Gasteiger partial charge in [0, 0.05) is 4.47 Å². The third-order valence-corrected chi connectivity index (χ3v) is 3.67. The van der Waals surface area contributed by atoms with Crippen molar-refractivity contribution in [2.75, 3.05) is 0 Å². The fourth-order valence-corrected chi connectivity index (χ4v) is 2.94. The van der Waals surface area contributed by atoms with Gasteiger partial charge in [-0.2, -0.15) is 0 Å². The van der Waals surface area contributed by atoms with E-state index in [9.17, 15) is 0 Å². The fourth-order valence-electron chi connectivity index (χ4n) is 2.53. The van der Waals surface area contributed by atoms with Crippen LogP contribution in [0.25, 0.3) is 0 Å². The predicted octanol–water partition coefficient (Wildman–Crippen LogP) is 4.13. The Morgan fingerprint density at radius 3 is 2.92 bits per heavy atom. The highest BCUT2D eigenvalue weighted by atomic mass is 79.9. The minimum Gasteiger partial charge on any atom is -0.0648 e. The molecular weight excluding hydrogens is 224 g/mol. The molecule has 1 aromatic carbocycles. The van der Waals surface area contributed by atoms with Crippen molar-refractivity contribution in [1.29, 1.82) is 0 Å². The van der Waals surface area contributed by atoms with Crippen molar-refractivity contribution < 1.29 is 0 Å². The first-order valence-electron chi connectivity index (χ1n) is 5.00. The van der Waals surface area contributed by atoms with Crippen LogP contribution >= 0.6 is 15.9 Å². The topological polar surface area (TPSA) is 0 Å². The van der Waals surface area contributed by atoms with Gasteiger partial charge in [-0.25, -0.2) is 0 Å². The molecule has 70 valence electrons. The molecule has 0 aromatic heterocycles. The van der Waals surface area contributed by atoms with Gasteiger partial charge in [-0.1, -0.05) is 35.8 Å². The van der Waals surface area contributed by atoms with E-state index in [1.165, 1.54) is 17.3 Å². The molecule has 1 aromatic rings. The second-order valence-electron chi connectivity index (χ2n) is 4.04. The minimum absolute atomic E-state index is 0.795. The molecule has 0 saturated heterocycles. The SMILES string of the molecule is CCC1c2ccc(Br)cc2CC1C. The minimum atomic E-state index is 0.795. The number of benzene rings is 1. The summed E-state index contributed by atoms with van der Waals surface area (Å²) in [5.41, 5.74) is 3.13. The highest BCUT2D eigenvalue weighted by Gasteiger charge is 2.27. The van der Waals surface area contributed by atoms with Gasteiger partial charge in [0.25, 0.3) is 0 Å². The Kier molecular flexibility index (Phi) is 2.46. The lowest BCUT2D eigenvalue weighted by atomic mass is 9.92. The second-order valence-corrected chi connectivity index (χ2v) is 4.95. The summed E-state index contributed by atoms with van der Waals surface area (Å²) in [7, 11) is 0. The van der Waals surface area contributed by atoms with Gasteiger partial charge in [-0.15, -0.1) is 0 Å². The zero-order chi connectivity index (χ0) is 9.42. The summed E-state index contributed by atoms with van der Waals surface area (Å²) >= 11 is 3.53. The fraction of sp³-hybridized carbons (Fsp3) is 0.500. The molecule has 0 radical (unpaired) electrons. The lowest BCUT2D eigenvalue weighted by molar-refractivity contribution is 0.486. The highest BCUT2D eigenvalue weighted by molar-refractivity contribution is 9.10. The Morgan fingerprint density at radius 1 is 1.46 bits per heavy atom. The molecule has 2 rings (SSSR count). The van der Waals surface area contributed by atoms with E-state index >= 15 is 0 Å². The summed E-state index contributed by atoms with van der Waals surface area (Å²) in [6, 6.07) is 6.73. The van der Waals surface area contributed by atoms with Gasteiger partial charge < -0.3 is 0 Å². The van der Waals surface area contributed by atoms with Crippen LogP contribution in [0.15, 0.2) is 22.7 Å². The molecule has 13 heavy (non-hydrogen) atoms. The number of hydrogen-bond donors (Lipinski definition) is 0. The van der Waals surface area contributed by atoms with Crippen LogP contribution in [0, 0.1) is 5.92 Å². The maximum atomic E-state index is 3.53. The summed E-state index contributed by atoms with van der Waals surface area (Å²) in [5.74, 6) is 1.62. The molecule has 0 N–H and O–H groups in total. The van der Waals surface area contributed by atoms with E-state index in [0.29, 0.717) is 0 Å². The Bertz CT molecular complexity index is 317. The molecule has 0 amide bonds. The smallest absolute Gasteiger partial charge is 0.0178 e. The average molecular weight is 239 g/mol. The first-order valence-corrected chi connectivity index (χ1v) is 5.80. The normalized spacial score (nSPS) is 26.1. The zero-order valence-corrected chi connectivity index (χ0v) is 9.76. The molecule has 0 bridgehead atoms. The van der Waals surface area contributed by atoms with Crippen LogP contribution in [-0.4, -0.2) is 0 Å². The lowest BCUT2D eigenvalue weighted by Gasteiger charge is -2.13. The van der Waals surface area contributed by atoms with Crippen molar-refractivity contribution >= 4 is 15.9 Å². The van der Waals surface area contributed by atoms with E-state index in [1.54, 1.807) is 11.1 Å². The van der Waals surface area contributed by atoms with Crippen LogP contribution < -0.4 is 0 Å². The summed E-state index contributed by atoms with van der Waals surface area (Å²) in [5, 5.41) is 0. The van der Waals surface area contributed by atoms with Crippen LogP contribution in [0.5, 0.6) is 0 Å². The maximum Gasteiger partial charge on any atom is 0.0178 e. The highest BCUT2D eigenvalue weighted by Crippen LogP contribution is 2.40. The standard InChI is InChI=1S/C12H15Br/c1-3-11-8(2)6-9-7-10(13)4-5-12(9)11/h4-5,7-8,11H,3,6H2,1-2H3. The van der Waals surface area contributed by atoms with Gasteiger partial charge in [0.05, 0.1) is 0 Å². The molecular formula is C12H15Br. The molecule has 2 unspecified atom stereocenters. The van der Waals surface area contributed by atoms with Gasteiger partial charge in [-0.05, 0) is 47.9 Å². The van der Waals surface area contributed by atoms with Crippen molar-refractivity contribution in [3.8, 4) is 0 Å². The van der Waals surface area contributed by atoms with E-state index in [2.05, 4.69) is 48.0 Å². The van der Waals surface area contributed by atoms with E-state index in [0.717, 1.165) is 11.8 Å². The van der Waals surface area contributed by atoms with Crippen molar-refractivity contribution in [3.63, 3.8) is 0 Å². The van der Waals surface area contributed by atoms with Crippen LogP contribution in [0.1, 0.15) is 37.3 Å². The first kappa shape index (κ1) is 9.26. The Morgan fingerprint density at radius 2 is 2.23 bits per heavy atom. The van der Waals surface area contributed by atoms with Gasteiger partial charge in [0.1, 0.15) is 0 Å². The molecule has 0 nitrogen and oxygen atoms in total. The molecule has 0 aliphatic heterocycles. The number of hydrogen-bond acceptors (Lipinski definition) is 0. The first-order chi connectivity index (χ1) is 6.22. The summed E-state index contributed by atoms with van der Waals surface area (Å²) < 4.78 is 1.22. The van der Waals surface area contributed by atoms with Crippen molar-refractivity contribution in [3.05, 3.63) is 33.8 Å². The summed E-state index contributed by atoms with van der Waals surface area (Å²) in [6.45, 7) is 4.65. The molecule has 1 heteroatoms.